The molecule has 0 amide bonds. The van der Waals surface area contributed by atoms with Crippen molar-refractivity contribution in [3.63, 3.8) is 0 Å². The molecule has 0 N–H and O–H groups in total. The zero-order valence-electron chi connectivity index (χ0n) is 27.9. The lowest BCUT2D eigenvalue weighted by Crippen LogP contribution is -1.96. The molecule has 0 saturated carbocycles. The van der Waals surface area contributed by atoms with Crippen molar-refractivity contribution in [2.75, 3.05) is 0 Å². The summed E-state index contributed by atoms with van der Waals surface area (Å²) in [6, 6.07) is 56.7. The van der Waals surface area contributed by atoms with Crippen LogP contribution in [0.1, 0.15) is 0 Å². The van der Waals surface area contributed by atoms with Crippen molar-refractivity contribution in [3.05, 3.63) is 170 Å². The molecule has 0 aliphatic rings. The Morgan fingerprint density at radius 2 is 0.962 bits per heavy atom. The maximum atomic E-state index is 6.26. The minimum Gasteiger partial charge on any atom is -0.456 e. The SMILES string of the molecule is c1ccc(-n2c3ccccc3c3ccc4c(c5cc(-n6c7ccccc7c7cnccc76)ccc5n4-c4ccc5oc6ccccc6c5c4)c32)cc1. The third-order valence-corrected chi connectivity index (χ3v) is 10.9. The summed E-state index contributed by atoms with van der Waals surface area (Å²) in [6.45, 7) is 0. The van der Waals surface area contributed by atoms with Crippen LogP contribution in [0.15, 0.2) is 175 Å². The average Bonchev–Trinajstić information content (AvgIpc) is 3.94. The second kappa shape index (κ2) is 10.2. The van der Waals surface area contributed by atoms with Crippen molar-refractivity contribution in [3.8, 4) is 17.1 Å². The van der Waals surface area contributed by atoms with Crippen LogP contribution in [-0.2, 0) is 0 Å². The van der Waals surface area contributed by atoms with Gasteiger partial charge in [0.25, 0.3) is 0 Å². The molecule has 0 bridgehead atoms. The standard InChI is InChI=1S/C47H28N4O/c1-2-10-29(11-3-1)51-40-16-8-4-12-32(40)35-20-22-43-46(47(35)51)37-27-30(49-39-15-7-5-13-33(39)38-28-48-25-24-42(38)49)18-21-41(37)50(43)31-19-23-45-36(26-31)34-14-6-9-17-44(34)52-45/h1-28H. The first-order chi connectivity index (χ1) is 25.8. The fourth-order valence-electron chi connectivity index (χ4n) is 8.76. The molecule has 52 heavy (non-hydrogen) atoms. The van der Waals surface area contributed by atoms with Gasteiger partial charge in [0, 0.05) is 72.5 Å². The molecule has 5 aromatic heterocycles. The van der Waals surface area contributed by atoms with E-state index in [1.165, 1.54) is 38.0 Å². The van der Waals surface area contributed by atoms with Crippen LogP contribution in [-0.4, -0.2) is 18.7 Å². The van der Waals surface area contributed by atoms with Gasteiger partial charge >= 0.3 is 0 Å². The number of hydrogen-bond donors (Lipinski definition) is 0. The summed E-state index contributed by atoms with van der Waals surface area (Å²) in [7, 11) is 0. The summed E-state index contributed by atoms with van der Waals surface area (Å²) in [5.41, 5.74) is 12.1. The van der Waals surface area contributed by atoms with Crippen LogP contribution in [0.3, 0.4) is 0 Å². The second-order valence-electron chi connectivity index (χ2n) is 13.6. The van der Waals surface area contributed by atoms with Crippen LogP contribution >= 0.6 is 0 Å². The Bertz CT molecular complexity index is 3360. The fraction of sp³-hybridized carbons (Fsp3) is 0. The molecule has 0 fully saturated rings. The van der Waals surface area contributed by atoms with Gasteiger partial charge in [0.2, 0.25) is 0 Å². The molecule has 12 aromatic rings. The third-order valence-electron chi connectivity index (χ3n) is 10.9. The quantitative estimate of drug-likeness (QED) is 0.189. The van der Waals surface area contributed by atoms with Crippen LogP contribution in [0, 0.1) is 0 Å². The summed E-state index contributed by atoms with van der Waals surface area (Å²) in [4.78, 5) is 4.50. The maximum Gasteiger partial charge on any atom is 0.135 e. The molecule has 0 unspecified atom stereocenters. The predicted octanol–water partition coefficient (Wildman–Crippen LogP) is 12.3. The average molecular weight is 665 g/mol. The van der Waals surface area contributed by atoms with E-state index in [4.69, 9.17) is 4.42 Å². The number of furan rings is 1. The first-order valence-corrected chi connectivity index (χ1v) is 17.6. The van der Waals surface area contributed by atoms with Gasteiger partial charge in [-0.3, -0.25) is 4.98 Å². The number of para-hydroxylation sites is 4. The Balaban J connectivity index is 1.26. The topological polar surface area (TPSA) is 40.8 Å². The zero-order chi connectivity index (χ0) is 33.9. The maximum absolute atomic E-state index is 6.26. The Morgan fingerprint density at radius 1 is 0.365 bits per heavy atom. The van der Waals surface area contributed by atoms with Gasteiger partial charge < -0.3 is 18.1 Å². The third kappa shape index (κ3) is 3.64. The van der Waals surface area contributed by atoms with Crippen molar-refractivity contribution < 1.29 is 4.42 Å². The molecule has 242 valence electrons. The zero-order valence-corrected chi connectivity index (χ0v) is 27.9. The number of nitrogens with zero attached hydrogens (tertiary/aromatic N) is 4. The number of rotatable bonds is 3. The van der Waals surface area contributed by atoms with Crippen LogP contribution in [0.4, 0.5) is 0 Å². The first-order valence-electron chi connectivity index (χ1n) is 17.6. The van der Waals surface area contributed by atoms with Gasteiger partial charge in [-0.1, -0.05) is 78.9 Å². The molecule has 0 spiro atoms. The van der Waals surface area contributed by atoms with Crippen molar-refractivity contribution in [1.29, 1.82) is 0 Å². The van der Waals surface area contributed by atoms with Crippen LogP contribution in [0.5, 0.6) is 0 Å². The van der Waals surface area contributed by atoms with E-state index in [1.54, 1.807) is 0 Å². The number of fused-ring (bicyclic) bond motifs is 13. The molecule has 5 nitrogen and oxygen atoms in total. The van der Waals surface area contributed by atoms with Gasteiger partial charge in [-0.25, -0.2) is 0 Å². The molecule has 0 aliphatic carbocycles. The lowest BCUT2D eigenvalue weighted by molar-refractivity contribution is 0.669. The number of benzene rings is 7. The highest BCUT2D eigenvalue weighted by Gasteiger charge is 2.22. The van der Waals surface area contributed by atoms with E-state index >= 15 is 0 Å². The monoisotopic (exact) mass is 664 g/mol. The predicted molar refractivity (Wildman–Crippen MR) is 215 cm³/mol. The minimum absolute atomic E-state index is 0.889. The van der Waals surface area contributed by atoms with Gasteiger partial charge in [-0.15, -0.1) is 0 Å². The molecule has 12 rings (SSSR count). The molecule has 7 aromatic carbocycles. The fourth-order valence-corrected chi connectivity index (χ4v) is 8.76. The Kier molecular flexibility index (Phi) is 5.44. The highest BCUT2D eigenvalue weighted by atomic mass is 16.3. The summed E-state index contributed by atoms with van der Waals surface area (Å²) in [5.74, 6) is 0. The van der Waals surface area contributed by atoms with Crippen molar-refractivity contribution in [2.45, 2.75) is 0 Å². The first kappa shape index (κ1) is 27.7. The molecular weight excluding hydrogens is 637 g/mol. The lowest BCUT2D eigenvalue weighted by atomic mass is 10.1. The van der Waals surface area contributed by atoms with Gasteiger partial charge in [-0.05, 0) is 78.9 Å². The lowest BCUT2D eigenvalue weighted by Gasteiger charge is -2.10. The van der Waals surface area contributed by atoms with E-state index < -0.39 is 0 Å². The molecule has 0 aliphatic heterocycles. The van der Waals surface area contributed by atoms with Crippen molar-refractivity contribution in [2.24, 2.45) is 0 Å². The van der Waals surface area contributed by atoms with Crippen LogP contribution in [0.2, 0.25) is 0 Å². The van der Waals surface area contributed by atoms with Crippen LogP contribution < -0.4 is 0 Å². The van der Waals surface area contributed by atoms with Crippen molar-refractivity contribution in [1.82, 2.24) is 18.7 Å². The summed E-state index contributed by atoms with van der Waals surface area (Å²) < 4.78 is 13.5. The second-order valence-corrected chi connectivity index (χ2v) is 13.6. The smallest absolute Gasteiger partial charge is 0.135 e. The highest BCUT2D eigenvalue weighted by molar-refractivity contribution is 6.26. The summed E-state index contributed by atoms with van der Waals surface area (Å²) in [5, 5.41) is 9.45. The molecule has 5 heterocycles. The normalized spacial score (nSPS) is 12.2. The number of pyridine rings is 1. The Hall–Kier alpha value is -7.11. The Labute approximate surface area is 296 Å². The molecule has 0 atom stereocenters. The van der Waals surface area contributed by atoms with E-state index in [2.05, 4.69) is 164 Å². The number of hydrogen-bond acceptors (Lipinski definition) is 2. The van der Waals surface area contributed by atoms with E-state index in [9.17, 15) is 0 Å². The largest absolute Gasteiger partial charge is 0.456 e. The van der Waals surface area contributed by atoms with E-state index in [0.29, 0.717) is 0 Å². The van der Waals surface area contributed by atoms with Gasteiger partial charge in [0.05, 0.1) is 33.1 Å². The highest BCUT2D eigenvalue weighted by Crippen LogP contribution is 2.44. The Morgan fingerprint density at radius 3 is 1.81 bits per heavy atom. The molecular formula is C47H28N4O. The van der Waals surface area contributed by atoms with E-state index in [1.807, 2.05) is 24.5 Å². The summed E-state index contributed by atoms with van der Waals surface area (Å²) >= 11 is 0. The van der Waals surface area contributed by atoms with E-state index in [-0.39, 0.29) is 0 Å². The minimum atomic E-state index is 0.889. The van der Waals surface area contributed by atoms with E-state index in [0.717, 1.165) is 66.5 Å². The molecule has 5 heteroatoms. The molecule has 0 radical (unpaired) electrons. The summed E-state index contributed by atoms with van der Waals surface area (Å²) in [6.07, 6.45) is 3.87. The van der Waals surface area contributed by atoms with Gasteiger partial charge in [0.1, 0.15) is 11.2 Å². The molecule has 0 saturated heterocycles. The van der Waals surface area contributed by atoms with Gasteiger partial charge in [-0.2, -0.15) is 0 Å². The van der Waals surface area contributed by atoms with Crippen LogP contribution in [0.25, 0.3) is 104 Å². The van der Waals surface area contributed by atoms with Gasteiger partial charge in [0.15, 0.2) is 0 Å². The number of aromatic nitrogens is 4. The van der Waals surface area contributed by atoms with Crippen molar-refractivity contribution >= 4 is 87.4 Å².